The normalized spacial score (nSPS) is 11.9. The molecule has 0 bridgehead atoms. The lowest BCUT2D eigenvalue weighted by Crippen LogP contribution is -2.07. The van der Waals surface area contributed by atoms with Gasteiger partial charge in [-0.1, -0.05) is 60.6 Å². The van der Waals surface area contributed by atoms with Gasteiger partial charge in [0.1, 0.15) is 0 Å². The molecule has 0 radical (unpaired) electrons. The predicted molar refractivity (Wildman–Crippen MR) is 78.1 cm³/mol. The largest absolute Gasteiger partial charge is 0.0613 e. The van der Waals surface area contributed by atoms with Gasteiger partial charge < -0.3 is 0 Å². The Bertz CT molecular complexity index is 341. The van der Waals surface area contributed by atoms with Gasteiger partial charge in [-0.15, -0.1) is 0 Å². The SMILES string of the molecule is CCc1cc(C(C)C)c(C(C)C)c(C(C)C)c1. The van der Waals surface area contributed by atoms with Crippen LogP contribution in [0.2, 0.25) is 0 Å². The Kier molecular flexibility index (Phi) is 4.80. The number of benzene rings is 1. The van der Waals surface area contributed by atoms with Crippen LogP contribution >= 0.6 is 0 Å². The molecule has 0 nitrogen and oxygen atoms in total. The van der Waals surface area contributed by atoms with Crippen molar-refractivity contribution in [2.45, 2.75) is 72.6 Å². The minimum Gasteiger partial charge on any atom is -0.0613 e. The van der Waals surface area contributed by atoms with Crippen molar-refractivity contribution in [3.63, 3.8) is 0 Å². The van der Waals surface area contributed by atoms with Gasteiger partial charge in [0.15, 0.2) is 0 Å². The molecule has 0 unspecified atom stereocenters. The third-order valence-electron chi connectivity index (χ3n) is 3.53. The first-order valence-electron chi connectivity index (χ1n) is 7.05. The van der Waals surface area contributed by atoms with Gasteiger partial charge in [-0.05, 0) is 46.4 Å². The zero-order chi connectivity index (χ0) is 13.2. The fourth-order valence-electron chi connectivity index (χ4n) is 2.59. The van der Waals surface area contributed by atoms with Crippen LogP contribution in [0.1, 0.15) is 88.5 Å². The Morgan fingerprint density at radius 3 is 1.41 bits per heavy atom. The zero-order valence-electron chi connectivity index (χ0n) is 12.6. The smallest absolute Gasteiger partial charge is 0.0213 e. The van der Waals surface area contributed by atoms with E-state index >= 15 is 0 Å². The summed E-state index contributed by atoms with van der Waals surface area (Å²) >= 11 is 0. The van der Waals surface area contributed by atoms with Crippen LogP contribution in [0.5, 0.6) is 0 Å². The van der Waals surface area contributed by atoms with Gasteiger partial charge >= 0.3 is 0 Å². The first-order valence-corrected chi connectivity index (χ1v) is 7.05. The maximum Gasteiger partial charge on any atom is -0.0213 e. The molecule has 0 amide bonds. The molecule has 0 saturated heterocycles. The monoisotopic (exact) mass is 232 g/mol. The van der Waals surface area contributed by atoms with Gasteiger partial charge in [-0.25, -0.2) is 0 Å². The third-order valence-corrected chi connectivity index (χ3v) is 3.53. The molecule has 0 aliphatic rings. The minimum absolute atomic E-state index is 0.621. The van der Waals surface area contributed by atoms with Crippen LogP contribution in [0.25, 0.3) is 0 Å². The molecule has 0 heteroatoms. The lowest BCUT2D eigenvalue weighted by Gasteiger charge is -2.24. The van der Waals surface area contributed by atoms with Gasteiger partial charge in [0.05, 0.1) is 0 Å². The summed E-state index contributed by atoms with van der Waals surface area (Å²) < 4.78 is 0. The molecule has 1 rings (SSSR count). The maximum atomic E-state index is 2.42. The molecule has 0 spiro atoms. The highest BCUT2D eigenvalue weighted by atomic mass is 14.2. The Morgan fingerprint density at radius 2 is 1.18 bits per heavy atom. The third kappa shape index (κ3) is 3.12. The van der Waals surface area contributed by atoms with E-state index in [0.717, 1.165) is 6.42 Å². The van der Waals surface area contributed by atoms with E-state index in [1.54, 1.807) is 16.7 Å². The van der Waals surface area contributed by atoms with E-state index in [1.807, 2.05) is 0 Å². The quantitative estimate of drug-likeness (QED) is 0.632. The first-order chi connectivity index (χ1) is 7.88. The van der Waals surface area contributed by atoms with Gasteiger partial charge in [0.25, 0.3) is 0 Å². The highest BCUT2D eigenvalue weighted by molar-refractivity contribution is 5.44. The maximum absolute atomic E-state index is 2.42. The lowest BCUT2D eigenvalue weighted by atomic mass is 9.81. The summed E-state index contributed by atoms with van der Waals surface area (Å²) in [6.45, 7) is 16.1. The predicted octanol–water partition coefficient (Wildman–Crippen LogP) is 5.62. The molecule has 0 saturated carbocycles. The fraction of sp³-hybridized carbons (Fsp3) is 0.647. The fourth-order valence-corrected chi connectivity index (χ4v) is 2.59. The Labute approximate surface area is 107 Å². The van der Waals surface area contributed by atoms with E-state index in [4.69, 9.17) is 0 Å². The van der Waals surface area contributed by atoms with Crippen molar-refractivity contribution in [1.29, 1.82) is 0 Å². The number of rotatable bonds is 4. The molecule has 1 aromatic rings. The van der Waals surface area contributed by atoms with Gasteiger partial charge in [0, 0.05) is 0 Å². The van der Waals surface area contributed by atoms with Crippen LogP contribution in [-0.4, -0.2) is 0 Å². The first kappa shape index (κ1) is 14.3. The van der Waals surface area contributed by atoms with Crippen molar-refractivity contribution in [3.8, 4) is 0 Å². The van der Waals surface area contributed by atoms with Crippen molar-refractivity contribution in [2.75, 3.05) is 0 Å². The average molecular weight is 232 g/mol. The lowest BCUT2D eigenvalue weighted by molar-refractivity contribution is 0.744. The summed E-state index contributed by atoms with van der Waals surface area (Å²) in [4.78, 5) is 0. The summed E-state index contributed by atoms with van der Waals surface area (Å²) in [5.74, 6) is 1.86. The molecule has 0 heterocycles. The molecular weight excluding hydrogens is 204 g/mol. The zero-order valence-corrected chi connectivity index (χ0v) is 12.6. The van der Waals surface area contributed by atoms with Crippen LogP contribution in [0, 0.1) is 0 Å². The van der Waals surface area contributed by atoms with Crippen molar-refractivity contribution < 1.29 is 0 Å². The molecule has 17 heavy (non-hydrogen) atoms. The van der Waals surface area contributed by atoms with Crippen molar-refractivity contribution in [2.24, 2.45) is 0 Å². The second kappa shape index (κ2) is 5.71. The van der Waals surface area contributed by atoms with E-state index in [-0.39, 0.29) is 0 Å². The standard InChI is InChI=1S/C17H28/c1-8-14-9-15(11(2)3)17(13(6)7)16(10-14)12(4)5/h9-13H,8H2,1-7H3. The van der Waals surface area contributed by atoms with E-state index in [1.165, 1.54) is 5.56 Å². The van der Waals surface area contributed by atoms with Crippen LogP contribution in [-0.2, 0) is 6.42 Å². The van der Waals surface area contributed by atoms with Crippen molar-refractivity contribution in [1.82, 2.24) is 0 Å². The second-order valence-electron chi connectivity index (χ2n) is 6.01. The summed E-state index contributed by atoms with van der Waals surface area (Å²) in [7, 11) is 0. The topological polar surface area (TPSA) is 0 Å². The Balaban J connectivity index is 3.49. The van der Waals surface area contributed by atoms with Crippen LogP contribution in [0.4, 0.5) is 0 Å². The molecular formula is C17H28. The molecule has 0 aromatic heterocycles. The van der Waals surface area contributed by atoms with Gasteiger partial charge in [-0.3, -0.25) is 0 Å². The number of hydrogen-bond donors (Lipinski definition) is 0. The highest BCUT2D eigenvalue weighted by Gasteiger charge is 2.17. The number of hydrogen-bond acceptors (Lipinski definition) is 0. The molecule has 0 N–H and O–H groups in total. The average Bonchev–Trinajstić information content (AvgIpc) is 2.26. The summed E-state index contributed by atoms with van der Waals surface area (Å²) in [6.07, 6.45) is 1.14. The number of aryl methyl sites for hydroxylation is 1. The van der Waals surface area contributed by atoms with Crippen LogP contribution < -0.4 is 0 Å². The molecule has 0 atom stereocenters. The molecule has 0 fully saturated rings. The molecule has 0 aliphatic carbocycles. The van der Waals surface area contributed by atoms with E-state index in [9.17, 15) is 0 Å². The Hall–Kier alpha value is -0.780. The summed E-state index contributed by atoms with van der Waals surface area (Å²) in [6, 6.07) is 4.84. The molecule has 1 aromatic carbocycles. The van der Waals surface area contributed by atoms with Crippen LogP contribution in [0.15, 0.2) is 12.1 Å². The van der Waals surface area contributed by atoms with E-state index < -0.39 is 0 Å². The van der Waals surface area contributed by atoms with Crippen molar-refractivity contribution >= 4 is 0 Å². The molecule has 0 aliphatic heterocycles. The van der Waals surface area contributed by atoms with Crippen LogP contribution in [0.3, 0.4) is 0 Å². The van der Waals surface area contributed by atoms with E-state index in [2.05, 4.69) is 60.6 Å². The molecule has 96 valence electrons. The summed E-state index contributed by atoms with van der Waals surface area (Å²) in [5.41, 5.74) is 6.19. The highest BCUT2D eigenvalue weighted by Crippen LogP contribution is 2.34. The van der Waals surface area contributed by atoms with Gasteiger partial charge in [0.2, 0.25) is 0 Å². The summed E-state index contributed by atoms with van der Waals surface area (Å²) in [5, 5.41) is 0. The second-order valence-corrected chi connectivity index (χ2v) is 6.01. The Morgan fingerprint density at radius 1 is 0.765 bits per heavy atom. The van der Waals surface area contributed by atoms with E-state index in [0.29, 0.717) is 17.8 Å². The van der Waals surface area contributed by atoms with Crippen molar-refractivity contribution in [3.05, 3.63) is 34.4 Å². The minimum atomic E-state index is 0.621. The van der Waals surface area contributed by atoms with Gasteiger partial charge in [-0.2, -0.15) is 0 Å².